The summed E-state index contributed by atoms with van der Waals surface area (Å²) < 4.78 is 16.3. The van der Waals surface area contributed by atoms with Crippen molar-refractivity contribution in [1.29, 1.82) is 0 Å². The zero-order valence-corrected chi connectivity index (χ0v) is 17.5. The highest BCUT2D eigenvalue weighted by atomic mass is 35.5. The number of carbonyl (C=O) groups is 1. The molecule has 0 unspecified atom stereocenters. The molecule has 0 aromatic carbocycles. The predicted molar refractivity (Wildman–Crippen MR) is 110 cm³/mol. The summed E-state index contributed by atoms with van der Waals surface area (Å²) in [5, 5.41) is 4.36. The number of methoxy groups -OCH3 is 1. The number of nitrogens with one attached hydrogen (secondary N) is 1. The first-order chi connectivity index (χ1) is 14.1. The van der Waals surface area contributed by atoms with Crippen molar-refractivity contribution in [2.75, 3.05) is 25.6 Å². The molecule has 0 spiro atoms. The van der Waals surface area contributed by atoms with E-state index < -0.39 is 5.97 Å². The molecule has 0 bridgehead atoms. The van der Waals surface area contributed by atoms with Gasteiger partial charge in [-0.2, -0.15) is 4.98 Å². The number of esters is 1. The normalized spacial score (nSPS) is 14.7. The molecule has 1 fully saturated rings. The van der Waals surface area contributed by atoms with Gasteiger partial charge in [0, 0.05) is 12.8 Å². The van der Waals surface area contributed by atoms with Crippen LogP contribution in [0, 0.1) is 6.92 Å². The lowest BCUT2D eigenvalue weighted by atomic mass is 10.1. The highest BCUT2D eigenvalue weighted by molar-refractivity contribution is 7.20. The second kappa shape index (κ2) is 8.48. The van der Waals surface area contributed by atoms with Crippen LogP contribution in [0.2, 0.25) is 5.15 Å². The second-order valence-electron chi connectivity index (χ2n) is 6.49. The monoisotopic (exact) mass is 434 g/mol. The van der Waals surface area contributed by atoms with Crippen LogP contribution in [0.1, 0.15) is 28.1 Å². The molecule has 4 rings (SSSR count). The minimum Gasteiger partial charge on any atom is -0.473 e. The topological polar surface area (TPSA) is 95.5 Å². The molecule has 4 heterocycles. The van der Waals surface area contributed by atoms with E-state index in [1.807, 2.05) is 6.92 Å². The van der Waals surface area contributed by atoms with Crippen LogP contribution in [0.3, 0.4) is 0 Å². The van der Waals surface area contributed by atoms with Crippen LogP contribution in [0.25, 0.3) is 10.2 Å². The first-order valence-electron chi connectivity index (χ1n) is 9.07. The van der Waals surface area contributed by atoms with Gasteiger partial charge in [0.2, 0.25) is 5.88 Å². The molecular formula is C19H19ClN4O4S. The zero-order chi connectivity index (χ0) is 20.4. The molecule has 1 saturated heterocycles. The molecule has 0 saturated carbocycles. The number of pyridine rings is 1. The standard InChI is InChI=1S/C19H19ClN4O4S/c1-10-14-16(21-9-22-18(14)29-15(10)19(25)26-2)23-12-3-4-13(20)24-17(12)28-11-5-7-27-8-6-11/h3-4,9,11H,5-8H2,1-2H3,(H,21,22,23). The van der Waals surface area contributed by atoms with Crippen LogP contribution < -0.4 is 10.1 Å². The molecule has 1 aliphatic heterocycles. The van der Waals surface area contributed by atoms with Gasteiger partial charge in [0.25, 0.3) is 0 Å². The Morgan fingerprint density at radius 2 is 2.10 bits per heavy atom. The van der Waals surface area contributed by atoms with E-state index in [-0.39, 0.29) is 6.10 Å². The van der Waals surface area contributed by atoms with Crippen molar-refractivity contribution in [2.24, 2.45) is 0 Å². The molecule has 0 atom stereocenters. The molecule has 29 heavy (non-hydrogen) atoms. The Morgan fingerprint density at radius 3 is 2.86 bits per heavy atom. The Kier molecular flexibility index (Phi) is 5.79. The van der Waals surface area contributed by atoms with Crippen LogP contribution in [-0.4, -0.2) is 47.3 Å². The number of thiophene rings is 1. The average molecular weight is 435 g/mol. The summed E-state index contributed by atoms with van der Waals surface area (Å²) in [6.07, 6.45) is 3.04. The number of carbonyl (C=O) groups excluding carboxylic acids is 1. The number of anilines is 2. The molecule has 0 aliphatic carbocycles. The van der Waals surface area contributed by atoms with Gasteiger partial charge in [0.1, 0.15) is 38.8 Å². The fourth-order valence-electron chi connectivity index (χ4n) is 3.14. The molecule has 10 heteroatoms. The van der Waals surface area contributed by atoms with E-state index in [2.05, 4.69) is 20.3 Å². The van der Waals surface area contributed by atoms with E-state index in [4.69, 9.17) is 25.8 Å². The zero-order valence-electron chi connectivity index (χ0n) is 15.9. The fourth-order valence-corrected chi connectivity index (χ4v) is 4.34. The fraction of sp³-hybridized carbons (Fsp3) is 0.368. The van der Waals surface area contributed by atoms with Crippen LogP contribution in [0.15, 0.2) is 18.5 Å². The summed E-state index contributed by atoms with van der Waals surface area (Å²) in [6, 6.07) is 3.47. The Morgan fingerprint density at radius 1 is 1.31 bits per heavy atom. The third-order valence-electron chi connectivity index (χ3n) is 4.62. The lowest BCUT2D eigenvalue weighted by Crippen LogP contribution is -2.26. The van der Waals surface area contributed by atoms with E-state index in [1.54, 1.807) is 12.1 Å². The van der Waals surface area contributed by atoms with Gasteiger partial charge in [-0.05, 0) is 24.6 Å². The quantitative estimate of drug-likeness (QED) is 0.473. The number of aryl methyl sites for hydroxylation is 1. The Bertz CT molecular complexity index is 1050. The summed E-state index contributed by atoms with van der Waals surface area (Å²) in [5.74, 6) is 0.560. The lowest BCUT2D eigenvalue weighted by molar-refractivity contribution is 0.0240. The number of rotatable bonds is 5. The van der Waals surface area contributed by atoms with Gasteiger partial charge >= 0.3 is 5.97 Å². The van der Waals surface area contributed by atoms with Crippen molar-refractivity contribution in [3.8, 4) is 5.88 Å². The largest absolute Gasteiger partial charge is 0.473 e. The van der Waals surface area contributed by atoms with Gasteiger partial charge in [-0.25, -0.2) is 14.8 Å². The third kappa shape index (κ3) is 4.12. The molecular weight excluding hydrogens is 416 g/mol. The van der Waals surface area contributed by atoms with Gasteiger partial charge in [0.15, 0.2) is 0 Å². The Labute approximate surface area is 176 Å². The van der Waals surface area contributed by atoms with Crippen molar-refractivity contribution < 1.29 is 19.0 Å². The molecule has 3 aromatic heterocycles. The van der Waals surface area contributed by atoms with Crippen molar-refractivity contribution in [3.63, 3.8) is 0 Å². The second-order valence-corrected chi connectivity index (χ2v) is 7.88. The van der Waals surface area contributed by atoms with Crippen molar-refractivity contribution in [3.05, 3.63) is 34.1 Å². The number of fused-ring (bicyclic) bond motifs is 1. The number of ether oxygens (including phenoxy) is 3. The van der Waals surface area contributed by atoms with E-state index in [0.717, 1.165) is 23.8 Å². The molecule has 0 radical (unpaired) electrons. The molecule has 1 aliphatic rings. The predicted octanol–water partition coefficient (Wildman–Crippen LogP) is 4.14. The SMILES string of the molecule is COC(=O)c1sc2ncnc(Nc3ccc(Cl)nc3OC3CCOCC3)c2c1C. The van der Waals surface area contributed by atoms with E-state index in [0.29, 0.717) is 45.5 Å². The highest BCUT2D eigenvalue weighted by Gasteiger charge is 2.22. The number of hydrogen-bond donors (Lipinski definition) is 1. The van der Waals surface area contributed by atoms with Crippen molar-refractivity contribution in [2.45, 2.75) is 25.9 Å². The van der Waals surface area contributed by atoms with Gasteiger partial charge in [-0.1, -0.05) is 11.6 Å². The third-order valence-corrected chi connectivity index (χ3v) is 6.01. The molecule has 3 aromatic rings. The van der Waals surface area contributed by atoms with Crippen molar-refractivity contribution in [1.82, 2.24) is 15.0 Å². The molecule has 8 nitrogen and oxygen atoms in total. The molecule has 0 amide bonds. The molecule has 152 valence electrons. The minimum absolute atomic E-state index is 0.00879. The van der Waals surface area contributed by atoms with Crippen molar-refractivity contribution >= 4 is 50.6 Å². The number of aromatic nitrogens is 3. The van der Waals surface area contributed by atoms with Crippen LogP contribution in [0.5, 0.6) is 5.88 Å². The number of halogens is 1. The number of hydrogen-bond acceptors (Lipinski definition) is 9. The van der Waals surface area contributed by atoms with Crippen LogP contribution in [0.4, 0.5) is 11.5 Å². The summed E-state index contributed by atoms with van der Waals surface area (Å²) in [7, 11) is 1.36. The summed E-state index contributed by atoms with van der Waals surface area (Å²) in [4.78, 5) is 26.2. The smallest absolute Gasteiger partial charge is 0.348 e. The van der Waals surface area contributed by atoms with E-state index in [1.165, 1.54) is 24.8 Å². The number of nitrogens with zero attached hydrogens (tertiary/aromatic N) is 3. The Balaban J connectivity index is 1.70. The summed E-state index contributed by atoms with van der Waals surface area (Å²) in [6.45, 7) is 3.16. The summed E-state index contributed by atoms with van der Waals surface area (Å²) >= 11 is 7.36. The lowest BCUT2D eigenvalue weighted by Gasteiger charge is -2.24. The highest BCUT2D eigenvalue weighted by Crippen LogP contribution is 2.36. The van der Waals surface area contributed by atoms with Crippen LogP contribution >= 0.6 is 22.9 Å². The van der Waals surface area contributed by atoms with Gasteiger partial charge in [-0.15, -0.1) is 11.3 Å². The van der Waals surface area contributed by atoms with E-state index in [9.17, 15) is 4.79 Å². The molecule has 1 N–H and O–H groups in total. The maximum absolute atomic E-state index is 12.1. The first kappa shape index (κ1) is 19.8. The van der Waals surface area contributed by atoms with E-state index >= 15 is 0 Å². The Hall–Kier alpha value is -2.49. The van der Waals surface area contributed by atoms with Gasteiger partial charge < -0.3 is 19.5 Å². The van der Waals surface area contributed by atoms with Gasteiger partial charge in [0.05, 0.1) is 25.7 Å². The first-order valence-corrected chi connectivity index (χ1v) is 10.3. The van der Waals surface area contributed by atoms with Crippen LogP contribution in [-0.2, 0) is 9.47 Å². The maximum Gasteiger partial charge on any atom is 0.348 e. The average Bonchev–Trinajstić information content (AvgIpc) is 3.08. The van der Waals surface area contributed by atoms with Gasteiger partial charge in [-0.3, -0.25) is 0 Å². The minimum atomic E-state index is -0.395. The summed E-state index contributed by atoms with van der Waals surface area (Å²) in [5.41, 5.74) is 1.39. The maximum atomic E-state index is 12.1.